The molecular weight excluding hydrogens is 541 g/mol. The van der Waals surface area contributed by atoms with Crippen molar-refractivity contribution in [2.24, 2.45) is 0 Å². The summed E-state index contributed by atoms with van der Waals surface area (Å²) in [6.07, 6.45) is 6.66. The number of halogens is 3. The molecule has 0 atom stereocenters. The third-order valence-corrected chi connectivity index (χ3v) is 8.62. The summed E-state index contributed by atoms with van der Waals surface area (Å²) < 4.78 is 97.4. The minimum atomic E-state index is -5.35. The van der Waals surface area contributed by atoms with Crippen molar-refractivity contribution < 1.29 is 39.1 Å². The van der Waals surface area contributed by atoms with Gasteiger partial charge in [-0.25, -0.2) is 26.0 Å². The minimum absolute atomic E-state index is 0.178. The number of nitrogens with zero attached hydrogens (tertiary/aromatic N) is 2. The van der Waals surface area contributed by atoms with Crippen molar-refractivity contribution in [2.45, 2.75) is 94.6 Å². The van der Waals surface area contributed by atoms with Crippen LogP contribution in [0.1, 0.15) is 63.8 Å². The third-order valence-electron chi connectivity index (χ3n) is 6.29. The summed E-state index contributed by atoms with van der Waals surface area (Å²) >= 11 is 0. The van der Waals surface area contributed by atoms with E-state index in [0.29, 0.717) is 18.6 Å². The summed E-state index contributed by atoms with van der Waals surface area (Å²) in [4.78, 5) is -0.879. The average Bonchev–Trinajstić information content (AvgIpc) is 3.10. The lowest BCUT2D eigenvalue weighted by Gasteiger charge is -2.07. The summed E-state index contributed by atoms with van der Waals surface area (Å²) in [7, 11) is -9.62. The standard InChI is InChI=1S/C19H28F3N2O2S.C7H8O3S/c1-4-6-7-8-9-10-13-24-15(3)23(5-2)17-12-11-16(14-18(17)24)27(25,26)19(20,21)22;1-6-2-4-7(5-3-6)11(8,9)10/h11-12,14H,4-10,13H2,1-3H3;2-5H,1H3,(H,8,9,10)/q+1;/p-1. The largest absolute Gasteiger partial charge is 0.744 e. The van der Waals surface area contributed by atoms with Gasteiger partial charge < -0.3 is 4.55 Å². The van der Waals surface area contributed by atoms with Crippen molar-refractivity contribution >= 4 is 31.0 Å². The van der Waals surface area contributed by atoms with Gasteiger partial charge in [-0.1, -0.05) is 50.3 Å². The van der Waals surface area contributed by atoms with Crippen LogP contribution in [0.2, 0.25) is 0 Å². The van der Waals surface area contributed by atoms with E-state index in [4.69, 9.17) is 0 Å². The van der Waals surface area contributed by atoms with Gasteiger partial charge in [0.1, 0.15) is 10.1 Å². The highest BCUT2D eigenvalue weighted by Crippen LogP contribution is 2.32. The Labute approximate surface area is 223 Å². The van der Waals surface area contributed by atoms with E-state index in [1.807, 2.05) is 29.9 Å². The van der Waals surface area contributed by atoms with Crippen LogP contribution in [0.25, 0.3) is 11.0 Å². The minimum Gasteiger partial charge on any atom is -0.744 e. The van der Waals surface area contributed by atoms with Crippen molar-refractivity contribution in [3.05, 3.63) is 53.9 Å². The van der Waals surface area contributed by atoms with E-state index in [-0.39, 0.29) is 4.90 Å². The molecule has 12 heteroatoms. The molecule has 38 heavy (non-hydrogen) atoms. The zero-order valence-electron chi connectivity index (χ0n) is 22.1. The number of sulfone groups is 1. The molecule has 0 spiro atoms. The maximum absolute atomic E-state index is 12.9. The molecule has 2 aromatic carbocycles. The van der Waals surface area contributed by atoms with Gasteiger partial charge in [-0.3, -0.25) is 0 Å². The molecule has 0 aliphatic carbocycles. The smallest absolute Gasteiger partial charge is 0.501 e. The third kappa shape index (κ3) is 7.79. The SMILES string of the molecule is CCCCCCCCn1c(C)[n+](CC)c2ccc(S(=O)(=O)C(F)(F)F)cc21.Cc1ccc(S(=O)(=O)[O-])cc1. The van der Waals surface area contributed by atoms with Crippen LogP contribution in [-0.2, 0) is 33.0 Å². The molecule has 0 radical (unpaired) electrons. The molecule has 1 heterocycles. The molecule has 3 rings (SSSR count). The van der Waals surface area contributed by atoms with Crippen LogP contribution in [0.5, 0.6) is 0 Å². The van der Waals surface area contributed by atoms with E-state index in [9.17, 15) is 34.6 Å². The van der Waals surface area contributed by atoms with Crippen molar-refractivity contribution in [1.29, 1.82) is 0 Å². The average molecular weight is 577 g/mol. The first-order valence-electron chi connectivity index (χ1n) is 12.5. The van der Waals surface area contributed by atoms with Gasteiger partial charge in [-0.05, 0) is 51.0 Å². The Morgan fingerprint density at radius 2 is 1.39 bits per heavy atom. The number of fused-ring (bicyclic) bond motifs is 1. The zero-order chi connectivity index (χ0) is 28.7. The van der Waals surface area contributed by atoms with Gasteiger partial charge >= 0.3 is 5.51 Å². The lowest BCUT2D eigenvalue weighted by molar-refractivity contribution is -0.675. The van der Waals surface area contributed by atoms with E-state index >= 15 is 0 Å². The summed E-state index contributed by atoms with van der Waals surface area (Å²) in [5, 5.41) is 0. The second-order valence-corrected chi connectivity index (χ2v) is 12.4. The fourth-order valence-electron chi connectivity index (χ4n) is 4.18. The van der Waals surface area contributed by atoms with Gasteiger partial charge in [0.05, 0.1) is 22.9 Å². The van der Waals surface area contributed by atoms with Crippen molar-refractivity contribution in [3.63, 3.8) is 0 Å². The van der Waals surface area contributed by atoms with Crippen LogP contribution in [0.15, 0.2) is 52.3 Å². The first-order valence-corrected chi connectivity index (χ1v) is 15.4. The number of imidazole rings is 1. The predicted octanol–water partition coefficient (Wildman–Crippen LogP) is 5.81. The Bertz CT molecular complexity index is 1430. The molecule has 212 valence electrons. The number of unbranched alkanes of at least 4 members (excludes halogenated alkanes) is 5. The van der Waals surface area contributed by atoms with Crippen LogP contribution in [0.4, 0.5) is 13.2 Å². The van der Waals surface area contributed by atoms with Crippen LogP contribution in [0, 0.1) is 13.8 Å². The molecule has 0 saturated carbocycles. The highest BCUT2D eigenvalue weighted by atomic mass is 32.2. The molecule has 0 N–H and O–H groups in total. The van der Waals surface area contributed by atoms with Crippen molar-refractivity contribution in [2.75, 3.05) is 0 Å². The molecule has 0 aliphatic heterocycles. The maximum Gasteiger partial charge on any atom is 0.501 e. The molecule has 0 fully saturated rings. The number of aryl methyl sites for hydroxylation is 3. The van der Waals surface area contributed by atoms with Crippen LogP contribution in [-0.4, -0.2) is 31.5 Å². The molecule has 3 aromatic rings. The van der Waals surface area contributed by atoms with E-state index in [2.05, 4.69) is 6.92 Å². The summed E-state index contributed by atoms with van der Waals surface area (Å²) in [6.45, 7) is 9.18. The van der Waals surface area contributed by atoms with Gasteiger partial charge in [0, 0.05) is 13.0 Å². The molecule has 0 bridgehead atoms. The number of aromatic nitrogens is 2. The number of benzene rings is 2. The highest BCUT2D eigenvalue weighted by Gasteiger charge is 2.47. The fraction of sp³-hybridized carbons (Fsp3) is 0.500. The van der Waals surface area contributed by atoms with Gasteiger partial charge in [0.2, 0.25) is 0 Å². The zero-order valence-corrected chi connectivity index (χ0v) is 23.7. The van der Waals surface area contributed by atoms with Gasteiger partial charge in [0.15, 0.2) is 11.0 Å². The van der Waals surface area contributed by atoms with E-state index in [1.165, 1.54) is 37.5 Å². The van der Waals surface area contributed by atoms with Crippen LogP contribution >= 0.6 is 0 Å². The molecule has 0 amide bonds. The van der Waals surface area contributed by atoms with Gasteiger partial charge in [-0.15, -0.1) is 0 Å². The number of hydrogen-bond donors (Lipinski definition) is 0. The monoisotopic (exact) mass is 576 g/mol. The Hall–Kier alpha value is -2.44. The van der Waals surface area contributed by atoms with E-state index in [1.54, 1.807) is 12.1 Å². The molecule has 7 nitrogen and oxygen atoms in total. The van der Waals surface area contributed by atoms with Gasteiger partial charge in [0.25, 0.3) is 15.7 Å². The molecule has 1 aromatic heterocycles. The molecule has 0 saturated heterocycles. The topological polar surface area (TPSA) is 100 Å². The normalized spacial score (nSPS) is 12.4. The van der Waals surface area contributed by atoms with E-state index in [0.717, 1.165) is 48.3 Å². The molecule has 0 unspecified atom stereocenters. The number of alkyl halides is 3. The quantitative estimate of drug-likeness (QED) is 0.172. The lowest BCUT2D eigenvalue weighted by atomic mass is 10.1. The second-order valence-electron chi connectivity index (χ2n) is 9.08. The summed E-state index contributed by atoms with van der Waals surface area (Å²) in [5.74, 6) is 0.919. The Kier molecular flexibility index (Phi) is 10.9. The van der Waals surface area contributed by atoms with E-state index < -0.39 is 30.4 Å². The molecular formula is C26H35F3N2O5S2. The number of rotatable bonds is 10. The van der Waals surface area contributed by atoms with Crippen molar-refractivity contribution in [3.8, 4) is 0 Å². The Morgan fingerprint density at radius 1 is 0.842 bits per heavy atom. The summed E-state index contributed by atoms with van der Waals surface area (Å²) in [6, 6.07) is 9.47. The highest BCUT2D eigenvalue weighted by molar-refractivity contribution is 7.92. The fourth-order valence-corrected chi connectivity index (χ4v) is 5.43. The van der Waals surface area contributed by atoms with Gasteiger partial charge in [-0.2, -0.15) is 13.2 Å². The summed E-state index contributed by atoms with van der Waals surface area (Å²) in [5.41, 5.74) is -3.08. The molecule has 0 aliphatic rings. The van der Waals surface area contributed by atoms with Crippen molar-refractivity contribution in [1.82, 2.24) is 4.57 Å². The van der Waals surface area contributed by atoms with Crippen LogP contribution < -0.4 is 4.57 Å². The maximum atomic E-state index is 12.9. The first-order chi connectivity index (χ1) is 17.6. The Morgan fingerprint density at radius 3 is 1.92 bits per heavy atom. The first kappa shape index (κ1) is 31.8. The van der Waals surface area contributed by atoms with Crippen LogP contribution in [0.3, 0.4) is 0 Å². The predicted molar refractivity (Wildman–Crippen MR) is 138 cm³/mol. The lowest BCUT2D eigenvalue weighted by Crippen LogP contribution is -2.35. The second kappa shape index (κ2) is 13.1. The Balaban J connectivity index is 0.000000384. The number of hydrogen-bond acceptors (Lipinski definition) is 5.